The van der Waals surface area contributed by atoms with Gasteiger partial charge in [-0.05, 0) is 37.2 Å². The lowest BCUT2D eigenvalue weighted by atomic mass is 9.96. The molecular weight excluding hydrogens is 280 g/mol. The molecule has 1 atom stereocenters. The van der Waals surface area contributed by atoms with E-state index in [4.69, 9.17) is 11.6 Å². The van der Waals surface area contributed by atoms with Gasteiger partial charge in [0.15, 0.2) is 0 Å². The molecule has 0 aliphatic heterocycles. The first-order valence-corrected chi connectivity index (χ1v) is 6.85. The van der Waals surface area contributed by atoms with Crippen molar-refractivity contribution in [1.82, 2.24) is 5.32 Å². The van der Waals surface area contributed by atoms with Gasteiger partial charge in [-0.25, -0.2) is 8.78 Å². The van der Waals surface area contributed by atoms with Crippen LogP contribution in [0.5, 0.6) is 0 Å². The van der Waals surface area contributed by atoms with Crippen LogP contribution in [0.2, 0.25) is 5.02 Å². The maximum Gasteiger partial charge on any atom is 0.141 e. The summed E-state index contributed by atoms with van der Waals surface area (Å²) in [6.45, 7) is 4.50. The number of hydrogen-bond donors (Lipinski definition) is 1. The highest BCUT2D eigenvalue weighted by Gasteiger charge is 2.18. The van der Waals surface area contributed by atoms with Gasteiger partial charge in [-0.15, -0.1) is 0 Å². The van der Waals surface area contributed by atoms with E-state index in [-0.39, 0.29) is 16.9 Å². The van der Waals surface area contributed by atoms with Crippen LogP contribution >= 0.6 is 11.6 Å². The number of halogens is 3. The molecule has 1 nitrogen and oxygen atoms in total. The van der Waals surface area contributed by atoms with Crippen molar-refractivity contribution in [3.63, 3.8) is 0 Å². The molecule has 2 aromatic rings. The molecule has 106 valence electrons. The fourth-order valence-corrected chi connectivity index (χ4v) is 2.38. The fraction of sp³-hybridized carbons (Fsp3) is 0.250. The molecule has 0 heterocycles. The molecule has 0 fully saturated rings. The lowest BCUT2D eigenvalue weighted by molar-refractivity contribution is 0.557. The standard InChI is InChI=1S/C16H16ClF2N/c1-3-20-16(11-5-7-15(19)13(17)9-11)12-8-10(2)4-6-14(12)18/h4-9,16,20H,3H2,1-2H3. The Bertz CT molecular complexity index is 613. The number of benzene rings is 2. The maximum absolute atomic E-state index is 14.1. The minimum atomic E-state index is -0.477. The monoisotopic (exact) mass is 295 g/mol. The summed E-state index contributed by atoms with van der Waals surface area (Å²) in [7, 11) is 0. The molecule has 20 heavy (non-hydrogen) atoms. The largest absolute Gasteiger partial charge is 0.306 e. The minimum absolute atomic E-state index is 0.0402. The smallest absolute Gasteiger partial charge is 0.141 e. The quantitative estimate of drug-likeness (QED) is 0.867. The third-order valence-corrected chi connectivity index (χ3v) is 3.44. The van der Waals surface area contributed by atoms with Crippen LogP contribution in [0.25, 0.3) is 0 Å². The topological polar surface area (TPSA) is 12.0 Å². The van der Waals surface area contributed by atoms with Gasteiger partial charge in [-0.3, -0.25) is 0 Å². The first kappa shape index (κ1) is 14.9. The Morgan fingerprint density at radius 1 is 1.10 bits per heavy atom. The van der Waals surface area contributed by atoms with E-state index in [9.17, 15) is 8.78 Å². The lowest BCUT2D eigenvalue weighted by Gasteiger charge is -2.20. The predicted molar refractivity (Wildman–Crippen MR) is 78.1 cm³/mol. The summed E-state index contributed by atoms with van der Waals surface area (Å²) in [6.07, 6.45) is 0. The van der Waals surface area contributed by atoms with E-state index in [0.717, 1.165) is 11.1 Å². The molecule has 2 aromatic carbocycles. The van der Waals surface area contributed by atoms with E-state index in [1.54, 1.807) is 18.2 Å². The Labute approximate surface area is 122 Å². The van der Waals surface area contributed by atoms with Crippen LogP contribution < -0.4 is 5.32 Å². The molecule has 0 radical (unpaired) electrons. The van der Waals surface area contributed by atoms with Crippen molar-refractivity contribution in [1.29, 1.82) is 0 Å². The first-order valence-electron chi connectivity index (χ1n) is 6.47. The van der Waals surface area contributed by atoms with Gasteiger partial charge in [-0.1, -0.05) is 42.3 Å². The van der Waals surface area contributed by atoms with Crippen LogP contribution in [0, 0.1) is 18.6 Å². The van der Waals surface area contributed by atoms with Crippen LogP contribution in [0.15, 0.2) is 36.4 Å². The fourth-order valence-electron chi connectivity index (χ4n) is 2.19. The predicted octanol–water partition coefficient (Wildman–Crippen LogP) is 4.63. The molecule has 0 spiro atoms. The van der Waals surface area contributed by atoms with Crippen molar-refractivity contribution >= 4 is 11.6 Å². The highest BCUT2D eigenvalue weighted by molar-refractivity contribution is 6.30. The van der Waals surface area contributed by atoms with Gasteiger partial charge in [0.25, 0.3) is 0 Å². The van der Waals surface area contributed by atoms with Gasteiger partial charge >= 0.3 is 0 Å². The first-order chi connectivity index (χ1) is 9.52. The normalized spacial score (nSPS) is 12.4. The molecule has 0 saturated carbocycles. The maximum atomic E-state index is 14.1. The second-order valence-electron chi connectivity index (χ2n) is 4.69. The molecule has 2 rings (SSSR count). The molecule has 1 unspecified atom stereocenters. The zero-order valence-electron chi connectivity index (χ0n) is 11.4. The molecule has 0 aliphatic rings. The third kappa shape index (κ3) is 3.17. The van der Waals surface area contributed by atoms with Crippen molar-refractivity contribution in [3.8, 4) is 0 Å². The summed E-state index contributed by atoms with van der Waals surface area (Å²) < 4.78 is 27.3. The van der Waals surface area contributed by atoms with E-state index >= 15 is 0 Å². The van der Waals surface area contributed by atoms with E-state index in [1.807, 2.05) is 13.8 Å². The van der Waals surface area contributed by atoms with Crippen LogP contribution in [0.3, 0.4) is 0 Å². The molecule has 1 N–H and O–H groups in total. The minimum Gasteiger partial charge on any atom is -0.306 e. The second-order valence-corrected chi connectivity index (χ2v) is 5.10. The summed E-state index contributed by atoms with van der Waals surface area (Å²) in [4.78, 5) is 0. The average Bonchev–Trinajstić information content (AvgIpc) is 2.42. The number of rotatable bonds is 4. The van der Waals surface area contributed by atoms with E-state index < -0.39 is 5.82 Å². The highest BCUT2D eigenvalue weighted by Crippen LogP contribution is 2.28. The summed E-state index contributed by atoms with van der Waals surface area (Å²) >= 11 is 5.82. The number of hydrogen-bond acceptors (Lipinski definition) is 1. The van der Waals surface area contributed by atoms with Crippen molar-refractivity contribution in [2.45, 2.75) is 19.9 Å². The molecule has 0 bridgehead atoms. The second kappa shape index (κ2) is 6.33. The van der Waals surface area contributed by atoms with Crippen LogP contribution in [-0.4, -0.2) is 6.54 Å². The summed E-state index contributed by atoms with van der Waals surface area (Å²) in [5.74, 6) is -0.766. The van der Waals surface area contributed by atoms with Gasteiger partial charge < -0.3 is 5.32 Å². The Morgan fingerprint density at radius 2 is 1.80 bits per heavy atom. The van der Waals surface area contributed by atoms with Gasteiger partial charge in [-0.2, -0.15) is 0 Å². The molecule has 0 saturated heterocycles. The Balaban J connectivity index is 2.49. The van der Waals surface area contributed by atoms with E-state index in [0.29, 0.717) is 12.1 Å². The Kier molecular flexibility index (Phi) is 4.73. The van der Waals surface area contributed by atoms with Crippen molar-refractivity contribution in [2.24, 2.45) is 0 Å². The highest BCUT2D eigenvalue weighted by atomic mass is 35.5. The van der Waals surface area contributed by atoms with Gasteiger partial charge in [0, 0.05) is 5.56 Å². The van der Waals surface area contributed by atoms with Gasteiger partial charge in [0.05, 0.1) is 11.1 Å². The lowest BCUT2D eigenvalue weighted by Crippen LogP contribution is -2.23. The summed E-state index contributed by atoms with van der Waals surface area (Å²) in [5.41, 5.74) is 2.25. The van der Waals surface area contributed by atoms with Gasteiger partial charge in [0.2, 0.25) is 0 Å². The van der Waals surface area contributed by atoms with Crippen LogP contribution in [-0.2, 0) is 0 Å². The van der Waals surface area contributed by atoms with E-state index in [2.05, 4.69) is 5.32 Å². The number of aryl methyl sites for hydroxylation is 1. The van der Waals surface area contributed by atoms with Crippen molar-refractivity contribution in [3.05, 3.63) is 69.7 Å². The van der Waals surface area contributed by atoms with Crippen molar-refractivity contribution < 1.29 is 8.78 Å². The third-order valence-electron chi connectivity index (χ3n) is 3.15. The van der Waals surface area contributed by atoms with E-state index in [1.165, 1.54) is 18.2 Å². The molecule has 0 aromatic heterocycles. The zero-order chi connectivity index (χ0) is 14.7. The van der Waals surface area contributed by atoms with Crippen molar-refractivity contribution in [2.75, 3.05) is 6.54 Å². The molecule has 0 aliphatic carbocycles. The SMILES string of the molecule is CCNC(c1ccc(F)c(Cl)c1)c1cc(C)ccc1F. The molecule has 4 heteroatoms. The zero-order valence-corrected chi connectivity index (χ0v) is 12.1. The Hall–Kier alpha value is -1.45. The van der Waals surface area contributed by atoms with Crippen LogP contribution in [0.4, 0.5) is 8.78 Å². The Morgan fingerprint density at radius 3 is 2.45 bits per heavy atom. The van der Waals surface area contributed by atoms with Gasteiger partial charge in [0.1, 0.15) is 11.6 Å². The average molecular weight is 296 g/mol. The number of nitrogens with one attached hydrogen (secondary N) is 1. The van der Waals surface area contributed by atoms with Crippen LogP contribution in [0.1, 0.15) is 29.7 Å². The summed E-state index contributed by atoms with van der Waals surface area (Å²) in [5, 5.41) is 3.25. The summed E-state index contributed by atoms with van der Waals surface area (Å²) in [6, 6.07) is 9.07. The molecular formula is C16H16ClF2N. The molecule has 0 amide bonds.